The molecule has 32 heavy (non-hydrogen) atoms. The second kappa shape index (κ2) is 9.01. The number of anilines is 4. The van der Waals surface area contributed by atoms with Gasteiger partial charge < -0.3 is 15.5 Å². The first-order valence-corrected chi connectivity index (χ1v) is 10.4. The Morgan fingerprint density at radius 1 is 1.00 bits per heavy atom. The number of aryl methyl sites for hydroxylation is 2. The summed E-state index contributed by atoms with van der Waals surface area (Å²) in [6.45, 7) is 5.36. The number of nitro groups is 1. The van der Waals surface area contributed by atoms with E-state index in [4.69, 9.17) is 0 Å². The van der Waals surface area contributed by atoms with Crippen LogP contribution in [0.5, 0.6) is 0 Å². The molecule has 0 unspecified atom stereocenters. The zero-order valence-electron chi connectivity index (χ0n) is 18.0. The Labute approximate surface area is 185 Å². The van der Waals surface area contributed by atoms with Crippen LogP contribution in [0.25, 0.3) is 0 Å². The average Bonchev–Trinajstić information content (AvgIpc) is 3.27. The monoisotopic (exact) mass is 432 g/mol. The van der Waals surface area contributed by atoms with E-state index < -0.39 is 10.8 Å². The smallest absolute Gasteiger partial charge is 0.293 e. The number of carbonyl (C=O) groups is 1. The number of aromatic nitrogens is 2. The molecule has 2 N–H and O–H groups in total. The molecule has 2 aromatic carbocycles. The van der Waals surface area contributed by atoms with Crippen molar-refractivity contribution >= 4 is 34.6 Å². The minimum absolute atomic E-state index is 0.0538. The van der Waals surface area contributed by atoms with Gasteiger partial charge in [0, 0.05) is 47.5 Å². The summed E-state index contributed by atoms with van der Waals surface area (Å²) in [5.41, 5.74) is 3.70. The van der Waals surface area contributed by atoms with Crippen molar-refractivity contribution in [3.63, 3.8) is 0 Å². The van der Waals surface area contributed by atoms with Crippen LogP contribution in [0.15, 0.2) is 48.5 Å². The van der Waals surface area contributed by atoms with Gasteiger partial charge in [-0.2, -0.15) is 0 Å². The molecule has 9 heteroatoms. The molecular weight excluding hydrogens is 408 g/mol. The molecule has 0 saturated carbocycles. The van der Waals surface area contributed by atoms with Gasteiger partial charge in [0.15, 0.2) is 0 Å². The summed E-state index contributed by atoms with van der Waals surface area (Å²) in [5.74, 6) is 0.0555. The van der Waals surface area contributed by atoms with Crippen LogP contribution in [0.1, 0.15) is 34.6 Å². The van der Waals surface area contributed by atoms with E-state index in [1.165, 1.54) is 6.07 Å². The Kier molecular flexibility index (Phi) is 5.98. The van der Waals surface area contributed by atoms with E-state index in [0.717, 1.165) is 37.3 Å². The van der Waals surface area contributed by atoms with Gasteiger partial charge in [-0.3, -0.25) is 14.9 Å². The predicted octanol–water partition coefficient (Wildman–Crippen LogP) is 4.60. The SMILES string of the molecule is Cc1cc(C)nc(Nc2cccc(NC(=O)c3ccc(N4CCCC4)c([N+](=O)[O-])c3)c2)n1. The summed E-state index contributed by atoms with van der Waals surface area (Å²) in [4.78, 5) is 34.7. The summed E-state index contributed by atoms with van der Waals surface area (Å²) in [5, 5.41) is 17.5. The second-order valence-corrected chi connectivity index (χ2v) is 7.79. The number of nitrogens with zero attached hydrogens (tertiary/aromatic N) is 4. The summed E-state index contributed by atoms with van der Waals surface area (Å²) in [6, 6.07) is 13.6. The third kappa shape index (κ3) is 4.83. The molecule has 1 saturated heterocycles. The number of hydrogen-bond donors (Lipinski definition) is 2. The molecular formula is C23H24N6O3. The van der Waals surface area contributed by atoms with Gasteiger partial charge in [-0.1, -0.05) is 6.07 Å². The lowest BCUT2D eigenvalue weighted by Crippen LogP contribution is -2.19. The van der Waals surface area contributed by atoms with Crippen molar-refractivity contribution in [1.82, 2.24) is 9.97 Å². The van der Waals surface area contributed by atoms with Gasteiger partial charge in [0.2, 0.25) is 5.95 Å². The predicted molar refractivity (Wildman–Crippen MR) is 124 cm³/mol. The Morgan fingerprint density at radius 3 is 2.38 bits per heavy atom. The lowest BCUT2D eigenvalue weighted by Gasteiger charge is -2.17. The quantitative estimate of drug-likeness (QED) is 0.432. The Hall–Kier alpha value is -4.01. The fourth-order valence-electron chi connectivity index (χ4n) is 3.83. The third-order valence-corrected chi connectivity index (χ3v) is 5.24. The van der Waals surface area contributed by atoms with Crippen molar-refractivity contribution in [3.05, 3.63) is 75.6 Å². The maximum Gasteiger partial charge on any atom is 0.293 e. The van der Waals surface area contributed by atoms with Crippen LogP contribution in [-0.4, -0.2) is 33.9 Å². The van der Waals surface area contributed by atoms with Gasteiger partial charge >= 0.3 is 0 Å². The molecule has 1 aromatic heterocycles. The van der Waals surface area contributed by atoms with E-state index in [1.54, 1.807) is 30.3 Å². The molecule has 0 bridgehead atoms. The van der Waals surface area contributed by atoms with Crippen LogP contribution in [0, 0.1) is 24.0 Å². The van der Waals surface area contributed by atoms with Crippen LogP contribution in [0.3, 0.4) is 0 Å². The first-order chi connectivity index (χ1) is 15.4. The van der Waals surface area contributed by atoms with Crippen molar-refractivity contribution in [2.75, 3.05) is 28.6 Å². The van der Waals surface area contributed by atoms with E-state index in [1.807, 2.05) is 30.9 Å². The molecule has 1 fully saturated rings. The van der Waals surface area contributed by atoms with Crippen LogP contribution >= 0.6 is 0 Å². The highest BCUT2D eigenvalue weighted by Gasteiger charge is 2.24. The summed E-state index contributed by atoms with van der Waals surface area (Å²) in [7, 11) is 0. The second-order valence-electron chi connectivity index (χ2n) is 7.79. The van der Waals surface area contributed by atoms with E-state index in [0.29, 0.717) is 23.0 Å². The average molecular weight is 432 g/mol. The fraction of sp³-hybridized carbons (Fsp3) is 0.261. The first kappa shape index (κ1) is 21.2. The van der Waals surface area contributed by atoms with Crippen LogP contribution < -0.4 is 15.5 Å². The largest absolute Gasteiger partial charge is 0.366 e. The molecule has 9 nitrogen and oxygen atoms in total. The number of rotatable bonds is 6. The topological polar surface area (TPSA) is 113 Å². The van der Waals surface area contributed by atoms with Gasteiger partial charge in [0.25, 0.3) is 11.6 Å². The number of nitro benzene ring substituents is 1. The maximum atomic E-state index is 12.8. The maximum absolute atomic E-state index is 12.8. The molecule has 1 amide bonds. The summed E-state index contributed by atoms with van der Waals surface area (Å²) >= 11 is 0. The molecule has 1 aliphatic rings. The van der Waals surface area contributed by atoms with E-state index >= 15 is 0 Å². The minimum atomic E-state index is -0.432. The third-order valence-electron chi connectivity index (χ3n) is 5.24. The number of carbonyl (C=O) groups excluding carboxylic acids is 1. The van der Waals surface area contributed by atoms with Crippen LogP contribution in [0.4, 0.5) is 28.7 Å². The van der Waals surface area contributed by atoms with Crippen molar-refractivity contribution in [2.45, 2.75) is 26.7 Å². The van der Waals surface area contributed by atoms with Crippen molar-refractivity contribution in [1.29, 1.82) is 0 Å². The standard InChI is InChI=1S/C23H24N6O3/c1-15-12-16(2)25-23(24-15)27-19-7-5-6-18(14-19)26-22(30)17-8-9-20(21(13-17)29(31)32)28-10-3-4-11-28/h5-9,12-14H,3-4,10-11H2,1-2H3,(H,26,30)(H,24,25,27). The lowest BCUT2D eigenvalue weighted by molar-refractivity contribution is -0.384. The molecule has 2 heterocycles. The number of hydrogen-bond acceptors (Lipinski definition) is 7. The molecule has 1 aliphatic heterocycles. The van der Waals surface area contributed by atoms with Crippen LogP contribution in [-0.2, 0) is 0 Å². The molecule has 0 radical (unpaired) electrons. The van der Waals surface area contributed by atoms with Crippen molar-refractivity contribution in [2.24, 2.45) is 0 Å². The van der Waals surface area contributed by atoms with Crippen molar-refractivity contribution in [3.8, 4) is 0 Å². The summed E-state index contributed by atoms with van der Waals surface area (Å²) in [6.07, 6.45) is 2.02. The Bertz CT molecular complexity index is 1150. The van der Waals surface area contributed by atoms with Crippen LogP contribution in [0.2, 0.25) is 0 Å². The Balaban J connectivity index is 1.52. The molecule has 0 aliphatic carbocycles. The number of nitrogens with one attached hydrogen (secondary N) is 2. The Morgan fingerprint density at radius 2 is 1.69 bits per heavy atom. The van der Waals surface area contributed by atoms with Gasteiger partial charge in [0.05, 0.1) is 4.92 Å². The van der Waals surface area contributed by atoms with Crippen molar-refractivity contribution < 1.29 is 9.72 Å². The van der Waals surface area contributed by atoms with Gasteiger partial charge in [-0.25, -0.2) is 9.97 Å². The van der Waals surface area contributed by atoms with E-state index in [-0.39, 0.29) is 11.3 Å². The zero-order chi connectivity index (χ0) is 22.7. The normalized spacial score (nSPS) is 13.1. The number of amides is 1. The fourth-order valence-corrected chi connectivity index (χ4v) is 3.83. The minimum Gasteiger partial charge on any atom is -0.366 e. The molecule has 4 rings (SSSR count). The lowest BCUT2D eigenvalue weighted by atomic mass is 10.1. The van der Waals surface area contributed by atoms with E-state index in [2.05, 4.69) is 20.6 Å². The first-order valence-electron chi connectivity index (χ1n) is 10.4. The summed E-state index contributed by atoms with van der Waals surface area (Å²) < 4.78 is 0. The highest BCUT2D eigenvalue weighted by atomic mass is 16.6. The highest BCUT2D eigenvalue weighted by Crippen LogP contribution is 2.32. The van der Waals surface area contributed by atoms with Gasteiger partial charge in [-0.05, 0) is 63.1 Å². The van der Waals surface area contributed by atoms with Gasteiger partial charge in [0.1, 0.15) is 5.69 Å². The van der Waals surface area contributed by atoms with E-state index in [9.17, 15) is 14.9 Å². The molecule has 3 aromatic rings. The zero-order valence-corrected chi connectivity index (χ0v) is 18.0. The van der Waals surface area contributed by atoms with Gasteiger partial charge in [-0.15, -0.1) is 0 Å². The molecule has 0 atom stereocenters. The number of benzene rings is 2. The highest BCUT2D eigenvalue weighted by molar-refractivity contribution is 6.05. The molecule has 0 spiro atoms. The molecule has 164 valence electrons.